The first-order valence-corrected chi connectivity index (χ1v) is 13.4. The van der Waals surface area contributed by atoms with Crippen molar-refractivity contribution < 1.29 is 35.9 Å². The standard InChI is InChI=1S/C26H31F6N5O2/c27-11-16-9-18(16)24(39)36-23(15-3-6-25(28,29)7-4-15)19-13-37-20(34-19)10-17(12-33-37)22(14-1-2-14)35-21(38)5-8-26(30,31)32/h10,12-16,18,22-23H,1-9,11H2,(H,35,38)(H,36,39)/t16-,18-,22+,23-/m0/s1. The summed E-state index contributed by atoms with van der Waals surface area (Å²) in [7, 11) is 0. The SMILES string of the molecule is O=C(CCC(F)(F)F)N[C@@H](c1cnn2cc([C@@H](NC(=O)[C@H]3C[C@H]3CF)C3CCC(F)(F)CC3)nc2c1)C1CC1. The topological polar surface area (TPSA) is 88.4 Å². The summed E-state index contributed by atoms with van der Waals surface area (Å²) in [6, 6.07) is 0.533. The molecule has 0 bridgehead atoms. The molecule has 3 aliphatic rings. The van der Waals surface area contributed by atoms with Gasteiger partial charge in [0.05, 0.1) is 43.3 Å². The molecule has 2 N–H and O–H groups in total. The average Bonchev–Trinajstić information content (AvgIpc) is 3.80. The van der Waals surface area contributed by atoms with E-state index in [9.17, 15) is 35.9 Å². The number of hydrogen-bond donors (Lipinski definition) is 2. The van der Waals surface area contributed by atoms with E-state index >= 15 is 0 Å². The number of hydrogen-bond acceptors (Lipinski definition) is 4. The van der Waals surface area contributed by atoms with Crippen LogP contribution in [0.15, 0.2) is 18.5 Å². The third kappa shape index (κ3) is 6.84. The highest BCUT2D eigenvalue weighted by Gasteiger charge is 2.45. The molecule has 0 aromatic carbocycles. The van der Waals surface area contributed by atoms with Gasteiger partial charge in [0.2, 0.25) is 17.7 Å². The van der Waals surface area contributed by atoms with Crippen LogP contribution >= 0.6 is 0 Å². The third-order valence-electron chi connectivity index (χ3n) is 8.07. The fraction of sp³-hybridized carbons (Fsp3) is 0.692. The fourth-order valence-electron chi connectivity index (χ4n) is 5.46. The lowest BCUT2D eigenvalue weighted by Crippen LogP contribution is -2.38. The van der Waals surface area contributed by atoms with Gasteiger partial charge in [0.25, 0.3) is 0 Å². The third-order valence-corrected chi connectivity index (χ3v) is 8.07. The van der Waals surface area contributed by atoms with Crippen molar-refractivity contribution in [2.75, 3.05) is 6.67 Å². The quantitative estimate of drug-likeness (QED) is 0.391. The van der Waals surface area contributed by atoms with Gasteiger partial charge in [-0.2, -0.15) is 18.3 Å². The molecule has 7 nitrogen and oxygen atoms in total. The van der Waals surface area contributed by atoms with E-state index in [0.717, 1.165) is 12.8 Å². The first kappa shape index (κ1) is 27.7. The Morgan fingerprint density at radius 1 is 1.08 bits per heavy atom. The molecule has 3 saturated carbocycles. The molecule has 3 fully saturated rings. The second-order valence-electron chi connectivity index (χ2n) is 11.2. The number of nitrogens with zero attached hydrogens (tertiary/aromatic N) is 3. The van der Waals surface area contributed by atoms with Crippen molar-refractivity contribution in [3.63, 3.8) is 0 Å². The lowest BCUT2D eigenvalue weighted by Gasteiger charge is -2.33. The molecule has 2 heterocycles. The smallest absolute Gasteiger partial charge is 0.349 e. The second-order valence-corrected chi connectivity index (χ2v) is 11.2. The Balaban J connectivity index is 1.36. The van der Waals surface area contributed by atoms with Crippen molar-refractivity contribution >= 4 is 17.5 Å². The molecule has 0 radical (unpaired) electrons. The van der Waals surface area contributed by atoms with E-state index < -0.39 is 55.5 Å². The first-order valence-electron chi connectivity index (χ1n) is 13.4. The van der Waals surface area contributed by atoms with Crippen molar-refractivity contribution in [3.05, 3.63) is 29.7 Å². The highest BCUT2D eigenvalue weighted by atomic mass is 19.4. The van der Waals surface area contributed by atoms with Gasteiger partial charge in [0.1, 0.15) is 0 Å². The number of nitrogens with one attached hydrogen (secondary N) is 2. The molecule has 5 rings (SSSR count). The fourth-order valence-corrected chi connectivity index (χ4v) is 5.46. The van der Waals surface area contributed by atoms with E-state index in [-0.39, 0.29) is 49.3 Å². The van der Waals surface area contributed by atoms with Gasteiger partial charge in [0.15, 0.2) is 5.65 Å². The first-order chi connectivity index (χ1) is 18.4. The molecule has 0 spiro atoms. The van der Waals surface area contributed by atoms with Crippen LogP contribution in [0.4, 0.5) is 26.3 Å². The van der Waals surface area contributed by atoms with Crippen molar-refractivity contribution in [1.29, 1.82) is 0 Å². The van der Waals surface area contributed by atoms with Gasteiger partial charge in [-0.3, -0.25) is 14.0 Å². The van der Waals surface area contributed by atoms with Crippen molar-refractivity contribution in [2.24, 2.45) is 23.7 Å². The van der Waals surface area contributed by atoms with Gasteiger partial charge in [-0.25, -0.2) is 18.3 Å². The average molecular weight is 560 g/mol. The number of carbonyl (C=O) groups is 2. The molecule has 3 aliphatic carbocycles. The monoisotopic (exact) mass is 559 g/mol. The molecule has 13 heteroatoms. The molecule has 2 amide bonds. The molecular weight excluding hydrogens is 528 g/mol. The van der Waals surface area contributed by atoms with Crippen LogP contribution in [-0.2, 0) is 9.59 Å². The highest BCUT2D eigenvalue weighted by Crippen LogP contribution is 2.44. The summed E-state index contributed by atoms with van der Waals surface area (Å²) in [5.74, 6) is -4.73. The number of fused-ring (bicyclic) bond motifs is 1. The summed E-state index contributed by atoms with van der Waals surface area (Å²) < 4.78 is 79.8. The number of amides is 2. The maximum Gasteiger partial charge on any atom is 0.389 e. The summed E-state index contributed by atoms with van der Waals surface area (Å²) in [5, 5.41) is 10.0. The molecule has 2 aromatic heterocycles. The Hall–Kier alpha value is -2.86. The molecule has 0 aliphatic heterocycles. The lowest BCUT2D eigenvalue weighted by atomic mass is 9.81. The van der Waals surface area contributed by atoms with Crippen LogP contribution < -0.4 is 10.6 Å². The van der Waals surface area contributed by atoms with Crippen LogP contribution in [0.3, 0.4) is 0 Å². The van der Waals surface area contributed by atoms with Crippen LogP contribution in [0.25, 0.3) is 5.65 Å². The zero-order chi connectivity index (χ0) is 27.9. The van der Waals surface area contributed by atoms with Crippen molar-refractivity contribution in [2.45, 2.75) is 82.0 Å². The van der Waals surface area contributed by atoms with Crippen LogP contribution in [0.2, 0.25) is 0 Å². The normalized spacial score (nSPS) is 24.8. The molecule has 39 heavy (non-hydrogen) atoms. The minimum Gasteiger partial charge on any atom is -0.349 e. The molecule has 2 aromatic rings. The van der Waals surface area contributed by atoms with E-state index in [1.54, 1.807) is 12.3 Å². The number of carbonyl (C=O) groups excluding carboxylic acids is 2. The van der Waals surface area contributed by atoms with Gasteiger partial charge in [-0.1, -0.05) is 0 Å². The summed E-state index contributed by atoms with van der Waals surface area (Å²) in [6.45, 7) is -0.589. The van der Waals surface area contributed by atoms with Gasteiger partial charge < -0.3 is 10.6 Å². The van der Waals surface area contributed by atoms with E-state index in [4.69, 9.17) is 0 Å². The molecular formula is C26H31F6N5O2. The zero-order valence-corrected chi connectivity index (χ0v) is 21.2. The number of rotatable bonds is 10. The Bertz CT molecular complexity index is 1200. The Morgan fingerprint density at radius 2 is 1.77 bits per heavy atom. The predicted octanol–water partition coefficient (Wildman–Crippen LogP) is 5.23. The van der Waals surface area contributed by atoms with E-state index in [0.29, 0.717) is 23.3 Å². The number of halogens is 6. The van der Waals surface area contributed by atoms with Gasteiger partial charge in [-0.05, 0) is 61.5 Å². The van der Waals surface area contributed by atoms with Gasteiger partial charge in [-0.15, -0.1) is 0 Å². The number of aromatic nitrogens is 3. The second kappa shape index (κ2) is 10.6. The minimum atomic E-state index is -4.42. The summed E-state index contributed by atoms with van der Waals surface area (Å²) in [5.41, 5.74) is 1.44. The zero-order valence-electron chi connectivity index (χ0n) is 21.2. The summed E-state index contributed by atoms with van der Waals surface area (Å²) in [4.78, 5) is 29.7. The molecule has 0 saturated heterocycles. The maximum absolute atomic E-state index is 13.9. The molecule has 214 valence electrons. The predicted molar refractivity (Wildman–Crippen MR) is 127 cm³/mol. The lowest BCUT2D eigenvalue weighted by molar-refractivity contribution is -0.144. The number of alkyl halides is 6. The van der Waals surface area contributed by atoms with Gasteiger partial charge >= 0.3 is 6.18 Å². The van der Waals surface area contributed by atoms with Crippen LogP contribution in [0.5, 0.6) is 0 Å². The van der Waals surface area contributed by atoms with Crippen molar-refractivity contribution in [3.8, 4) is 0 Å². The van der Waals surface area contributed by atoms with Crippen LogP contribution in [-0.4, -0.2) is 45.2 Å². The Kier molecular flexibility index (Phi) is 7.53. The van der Waals surface area contributed by atoms with Crippen LogP contribution in [0, 0.1) is 23.7 Å². The van der Waals surface area contributed by atoms with Crippen molar-refractivity contribution in [1.82, 2.24) is 25.2 Å². The van der Waals surface area contributed by atoms with E-state index in [2.05, 4.69) is 20.7 Å². The van der Waals surface area contributed by atoms with Crippen LogP contribution in [0.1, 0.15) is 81.1 Å². The summed E-state index contributed by atoms with van der Waals surface area (Å²) >= 11 is 0. The number of imidazole rings is 1. The molecule has 4 atom stereocenters. The Labute approximate surface area is 221 Å². The van der Waals surface area contributed by atoms with E-state index in [1.807, 2.05) is 0 Å². The molecule has 0 unspecified atom stereocenters. The summed E-state index contributed by atoms with van der Waals surface area (Å²) in [6.07, 6.45) is -1.29. The highest BCUT2D eigenvalue weighted by molar-refractivity contribution is 5.82. The maximum atomic E-state index is 13.9. The minimum absolute atomic E-state index is 0.0801. The Morgan fingerprint density at radius 3 is 2.38 bits per heavy atom. The largest absolute Gasteiger partial charge is 0.389 e. The van der Waals surface area contributed by atoms with Gasteiger partial charge in [0, 0.05) is 25.2 Å². The van der Waals surface area contributed by atoms with E-state index in [1.165, 1.54) is 10.7 Å².